The molecule has 2 aromatic heterocycles. The predicted octanol–water partition coefficient (Wildman–Crippen LogP) is 4.51. The van der Waals surface area contributed by atoms with Gasteiger partial charge in [-0.3, -0.25) is 4.98 Å². The lowest BCUT2D eigenvalue weighted by Crippen LogP contribution is -2.46. The standard InChI is InChI=1S/C24H29N5/c25-17-18-5-4-6-19(15-18)21-7-8-22-23(26-21)16-24(27-22)29-13-9-20(10-14-29)28-11-2-1-3-12-28/h4-5,7-8,15-16,19-20,27H,1-3,6,9-14H2. The van der Waals surface area contributed by atoms with Crippen LogP contribution in [-0.2, 0) is 0 Å². The molecule has 0 bridgehead atoms. The smallest absolute Gasteiger partial charge is 0.108 e. The first-order valence-corrected chi connectivity index (χ1v) is 11.1. The molecule has 4 heterocycles. The lowest BCUT2D eigenvalue weighted by Gasteiger charge is -2.40. The Morgan fingerprint density at radius 2 is 1.90 bits per heavy atom. The summed E-state index contributed by atoms with van der Waals surface area (Å²) in [5, 5.41) is 9.17. The van der Waals surface area contributed by atoms with E-state index in [-0.39, 0.29) is 5.92 Å². The highest BCUT2D eigenvalue weighted by atomic mass is 15.2. The van der Waals surface area contributed by atoms with Gasteiger partial charge in [-0.15, -0.1) is 0 Å². The summed E-state index contributed by atoms with van der Waals surface area (Å²) in [4.78, 5) is 13.7. The summed E-state index contributed by atoms with van der Waals surface area (Å²) in [6.07, 6.45) is 13.6. The third-order valence-electron chi connectivity index (χ3n) is 6.77. The molecule has 0 aromatic carbocycles. The van der Waals surface area contributed by atoms with Crippen LogP contribution in [0.4, 0.5) is 5.82 Å². The van der Waals surface area contributed by atoms with Crippen molar-refractivity contribution in [1.82, 2.24) is 14.9 Å². The summed E-state index contributed by atoms with van der Waals surface area (Å²) in [6, 6.07) is 9.45. The number of H-pyrrole nitrogens is 1. The van der Waals surface area contributed by atoms with E-state index in [1.807, 2.05) is 12.2 Å². The zero-order chi connectivity index (χ0) is 19.6. The van der Waals surface area contributed by atoms with Crippen molar-refractivity contribution in [3.05, 3.63) is 47.7 Å². The summed E-state index contributed by atoms with van der Waals surface area (Å²) in [6.45, 7) is 4.81. The second-order valence-electron chi connectivity index (χ2n) is 8.62. The molecule has 0 radical (unpaired) electrons. The molecular formula is C24H29N5. The zero-order valence-electron chi connectivity index (χ0n) is 17.0. The number of pyridine rings is 1. The topological polar surface area (TPSA) is 59.0 Å². The fourth-order valence-corrected chi connectivity index (χ4v) is 5.10. The van der Waals surface area contributed by atoms with Crippen molar-refractivity contribution < 1.29 is 0 Å². The van der Waals surface area contributed by atoms with Gasteiger partial charge in [-0.25, -0.2) is 0 Å². The Bertz CT molecular complexity index is 965. The molecule has 1 atom stereocenters. The molecule has 29 heavy (non-hydrogen) atoms. The van der Waals surface area contributed by atoms with Crippen molar-refractivity contribution in [2.24, 2.45) is 0 Å². The van der Waals surface area contributed by atoms with Crippen LogP contribution < -0.4 is 4.90 Å². The number of nitrogens with one attached hydrogen (secondary N) is 1. The van der Waals surface area contributed by atoms with Gasteiger partial charge in [-0.1, -0.05) is 18.6 Å². The van der Waals surface area contributed by atoms with Crippen molar-refractivity contribution in [2.75, 3.05) is 31.1 Å². The van der Waals surface area contributed by atoms with Gasteiger partial charge in [-0.2, -0.15) is 5.26 Å². The largest absolute Gasteiger partial charge is 0.358 e. The van der Waals surface area contributed by atoms with E-state index in [2.05, 4.69) is 45.1 Å². The SMILES string of the molecule is N#CC1=CC(c2ccc3[nH]c(N4CCC(N5CCCCC5)CC4)cc3n2)CC=C1. The van der Waals surface area contributed by atoms with Crippen molar-refractivity contribution in [2.45, 2.75) is 50.5 Å². The van der Waals surface area contributed by atoms with Crippen LogP contribution in [0.2, 0.25) is 0 Å². The number of anilines is 1. The van der Waals surface area contributed by atoms with Gasteiger partial charge in [0.05, 0.1) is 17.1 Å². The number of hydrogen-bond acceptors (Lipinski definition) is 4. The molecule has 0 saturated carbocycles. The molecule has 150 valence electrons. The summed E-state index contributed by atoms with van der Waals surface area (Å²) < 4.78 is 0. The quantitative estimate of drug-likeness (QED) is 0.842. The van der Waals surface area contributed by atoms with Crippen LogP contribution in [0, 0.1) is 11.3 Å². The molecule has 1 aliphatic carbocycles. The number of aromatic nitrogens is 2. The summed E-state index contributed by atoms with van der Waals surface area (Å²) in [5.74, 6) is 1.39. The van der Waals surface area contributed by atoms with E-state index < -0.39 is 0 Å². The Hall–Kier alpha value is -2.58. The third kappa shape index (κ3) is 3.82. The molecule has 2 aromatic rings. The summed E-state index contributed by atoms with van der Waals surface area (Å²) in [5.41, 5.74) is 3.90. The predicted molar refractivity (Wildman–Crippen MR) is 117 cm³/mol. The number of nitriles is 1. The maximum absolute atomic E-state index is 9.17. The molecule has 2 aliphatic heterocycles. The molecule has 1 N–H and O–H groups in total. The second kappa shape index (κ2) is 8.04. The number of nitrogens with zero attached hydrogens (tertiary/aromatic N) is 4. The van der Waals surface area contributed by atoms with E-state index in [0.29, 0.717) is 0 Å². The van der Waals surface area contributed by atoms with Crippen LogP contribution >= 0.6 is 0 Å². The van der Waals surface area contributed by atoms with Crippen molar-refractivity contribution in [3.63, 3.8) is 0 Å². The first-order valence-electron chi connectivity index (χ1n) is 11.1. The number of piperidine rings is 2. The van der Waals surface area contributed by atoms with Gasteiger partial charge in [0.1, 0.15) is 5.82 Å². The number of rotatable bonds is 3. The van der Waals surface area contributed by atoms with E-state index in [0.717, 1.165) is 47.9 Å². The number of allylic oxidation sites excluding steroid dienone is 4. The van der Waals surface area contributed by atoms with Crippen molar-refractivity contribution >= 4 is 16.9 Å². The van der Waals surface area contributed by atoms with Crippen molar-refractivity contribution in [1.29, 1.82) is 5.26 Å². The molecule has 0 spiro atoms. The minimum Gasteiger partial charge on any atom is -0.358 e. The van der Waals surface area contributed by atoms with E-state index in [1.54, 1.807) is 0 Å². The monoisotopic (exact) mass is 387 g/mol. The highest BCUT2D eigenvalue weighted by molar-refractivity contribution is 5.80. The van der Waals surface area contributed by atoms with Gasteiger partial charge >= 0.3 is 0 Å². The molecule has 0 amide bonds. The lowest BCUT2D eigenvalue weighted by atomic mass is 9.93. The Morgan fingerprint density at radius 1 is 1.07 bits per heavy atom. The number of aromatic amines is 1. The average Bonchev–Trinajstić information content (AvgIpc) is 3.23. The minimum atomic E-state index is 0.192. The molecular weight excluding hydrogens is 358 g/mol. The average molecular weight is 388 g/mol. The molecule has 5 rings (SSSR count). The van der Waals surface area contributed by atoms with E-state index in [1.165, 1.54) is 51.0 Å². The molecule has 5 heteroatoms. The second-order valence-corrected chi connectivity index (χ2v) is 8.62. The summed E-state index contributed by atoms with van der Waals surface area (Å²) >= 11 is 0. The fraction of sp³-hybridized carbons (Fsp3) is 0.500. The number of likely N-dealkylation sites (tertiary alicyclic amines) is 1. The highest BCUT2D eigenvalue weighted by Gasteiger charge is 2.26. The Balaban J connectivity index is 1.29. The molecule has 3 aliphatic rings. The Morgan fingerprint density at radius 3 is 2.69 bits per heavy atom. The normalized spacial score (nSPS) is 23.9. The van der Waals surface area contributed by atoms with Gasteiger partial charge < -0.3 is 14.8 Å². The maximum atomic E-state index is 9.17. The van der Waals surface area contributed by atoms with Gasteiger partial charge in [-0.05, 0) is 63.4 Å². The first-order chi connectivity index (χ1) is 14.3. The van der Waals surface area contributed by atoms with Gasteiger partial charge in [0.25, 0.3) is 0 Å². The Kier molecular flexibility index (Phi) is 5.12. The summed E-state index contributed by atoms with van der Waals surface area (Å²) in [7, 11) is 0. The van der Waals surface area contributed by atoms with Crippen LogP contribution in [0.15, 0.2) is 42.0 Å². The van der Waals surface area contributed by atoms with E-state index in [4.69, 9.17) is 4.98 Å². The highest BCUT2D eigenvalue weighted by Crippen LogP contribution is 2.30. The molecule has 2 saturated heterocycles. The van der Waals surface area contributed by atoms with E-state index >= 15 is 0 Å². The van der Waals surface area contributed by atoms with Gasteiger partial charge in [0.15, 0.2) is 0 Å². The van der Waals surface area contributed by atoms with Gasteiger partial charge in [0, 0.05) is 42.4 Å². The zero-order valence-corrected chi connectivity index (χ0v) is 17.0. The third-order valence-corrected chi connectivity index (χ3v) is 6.77. The molecule has 2 fully saturated rings. The lowest BCUT2D eigenvalue weighted by molar-refractivity contribution is 0.141. The minimum absolute atomic E-state index is 0.192. The maximum Gasteiger partial charge on any atom is 0.108 e. The van der Waals surface area contributed by atoms with Crippen LogP contribution in [0.25, 0.3) is 11.0 Å². The number of fused-ring (bicyclic) bond motifs is 1. The van der Waals surface area contributed by atoms with Crippen molar-refractivity contribution in [3.8, 4) is 6.07 Å². The first kappa shape index (κ1) is 18.4. The van der Waals surface area contributed by atoms with Crippen LogP contribution in [-0.4, -0.2) is 47.1 Å². The van der Waals surface area contributed by atoms with Crippen LogP contribution in [0.1, 0.15) is 50.1 Å². The van der Waals surface area contributed by atoms with Gasteiger partial charge in [0.2, 0.25) is 0 Å². The van der Waals surface area contributed by atoms with E-state index in [9.17, 15) is 5.26 Å². The molecule has 1 unspecified atom stereocenters. The number of hydrogen-bond donors (Lipinski definition) is 1. The molecule has 5 nitrogen and oxygen atoms in total. The fourth-order valence-electron chi connectivity index (χ4n) is 5.10. The van der Waals surface area contributed by atoms with Crippen LogP contribution in [0.3, 0.4) is 0 Å². The Labute approximate surface area is 172 Å². The van der Waals surface area contributed by atoms with Crippen LogP contribution in [0.5, 0.6) is 0 Å².